The van der Waals surface area contributed by atoms with Crippen molar-refractivity contribution in [3.05, 3.63) is 12.2 Å². The minimum absolute atomic E-state index is 0.151. The lowest BCUT2D eigenvalue weighted by atomic mass is 10.2. The molecule has 0 aromatic rings. The van der Waals surface area contributed by atoms with Crippen molar-refractivity contribution in [3.8, 4) is 0 Å². The van der Waals surface area contributed by atoms with Crippen LogP contribution in [0.4, 0.5) is 0 Å². The number of esters is 1. The maximum Gasteiger partial charge on any atom is 0.306 e. The fraction of sp³-hybridized carbons (Fsp3) is 0.700. The van der Waals surface area contributed by atoms with Gasteiger partial charge in [0.15, 0.2) is 0 Å². The molecule has 0 saturated heterocycles. The summed E-state index contributed by atoms with van der Waals surface area (Å²) in [6.07, 6.45) is 1.45. The highest BCUT2D eigenvalue weighted by atomic mass is 16.5. The van der Waals surface area contributed by atoms with Gasteiger partial charge in [0, 0.05) is 13.1 Å². The Hall–Kier alpha value is -0.830. The normalized spacial score (nSPS) is 10.2. The molecule has 13 heavy (non-hydrogen) atoms. The number of nitrogens with zero attached hydrogens (tertiary/aromatic N) is 1. The van der Waals surface area contributed by atoms with E-state index in [-0.39, 0.29) is 5.97 Å². The van der Waals surface area contributed by atoms with Gasteiger partial charge >= 0.3 is 5.97 Å². The predicted molar refractivity (Wildman–Crippen MR) is 53.6 cm³/mol. The summed E-state index contributed by atoms with van der Waals surface area (Å²) in [6, 6.07) is 0. The van der Waals surface area contributed by atoms with E-state index in [1.54, 1.807) is 0 Å². The van der Waals surface area contributed by atoms with Crippen molar-refractivity contribution in [2.75, 3.05) is 27.2 Å². The van der Waals surface area contributed by atoms with E-state index in [0.29, 0.717) is 6.42 Å². The highest BCUT2D eigenvalue weighted by molar-refractivity contribution is 5.69. The Kier molecular flexibility index (Phi) is 6.24. The quantitative estimate of drug-likeness (QED) is 0.463. The monoisotopic (exact) mass is 185 g/mol. The zero-order chi connectivity index (χ0) is 10.3. The first kappa shape index (κ1) is 12.2. The largest absolute Gasteiger partial charge is 0.469 e. The molecular formula is C10H19NO2. The number of hydrogen-bond acceptors (Lipinski definition) is 3. The summed E-state index contributed by atoms with van der Waals surface area (Å²) >= 11 is 0. The van der Waals surface area contributed by atoms with Crippen LogP contribution < -0.4 is 0 Å². The minimum atomic E-state index is -0.151. The molecule has 0 atom stereocenters. The van der Waals surface area contributed by atoms with Crippen molar-refractivity contribution < 1.29 is 9.53 Å². The van der Waals surface area contributed by atoms with Crippen molar-refractivity contribution in [2.45, 2.75) is 19.8 Å². The second-order valence-electron chi connectivity index (χ2n) is 3.34. The molecule has 3 nitrogen and oxygen atoms in total. The number of hydrogen-bond donors (Lipinski definition) is 0. The first-order chi connectivity index (χ1) is 6.06. The van der Waals surface area contributed by atoms with Gasteiger partial charge in [-0.05, 0) is 20.4 Å². The zero-order valence-electron chi connectivity index (χ0n) is 8.80. The van der Waals surface area contributed by atoms with E-state index in [1.807, 2.05) is 14.0 Å². The molecule has 0 radical (unpaired) electrons. The molecule has 0 fully saturated rings. The molecule has 0 aromatic carbocycles. The van der Waals surface area contributed by atoms with Crippen LogP contribution in [0, 0.1) is 0 Å². The zero-order valence-corrected chi connectivity index (χ0v) is 8.80. The van der Waals surface area contributed by atoms with Crippen LogP contribution in [-0.2, 0) is 9.53 Å². The van der Waals surface area contributed by atoms with Gasteiger partial charge in [0.05, 0.1) is 13.5 Å². The van der Waals surface area contributed by atoms with Crippen LogP contribution in [-0.4, -0.2) is 38.1 Å². The molecule has 0 bridgehead atoms. The summed E-state index contributed by atoms with van der Waals surface area (Å²) in [4.78, 5) is 12.9. The van der Waals surface area contributed by atoms with Crippen LogP contribution in [0.1, 0.15) is 19.8 Å². The molecule has 0 aliphatic carbocycles. The van der Waals surface area contributed by atoms with Gasteiger partial charge in [-0.2, -0.15) is 0 Å². The highest BCUT2D eigenvalue weighted by Gasteiger charge is 2.03. The summed E-state index contributed by atoms with van der Waals surface area (Å²) in [5, 5.41) is 0. The number of rotatable bonds is 6. The smallest absolute Gasteiger partial charge is 0.306 e. The molecule has 0 aliphatic rings. The van der Waals surface area contributed by atoms with Crippen LogP contribution in [0.15, 0.2) is 12.2 Å². The second kappa shape index (κ2) is 6.66. The minimum Gasteiger partial charge on any atom is -0.469 e. The van der Waals surface area contributed by atoms with Gasteiger partial charge in [0.1, 0.15) is 0 Å². The van der Waals surface area contributed by atoms with Crippen molar-refractivity contribution in [3.63, 3.8) is 0 Å². The molecule has 0 spiro atoms. The molecule has 0 saturated carbocycles. The molecule has 0 aliphatic heterocycles. The fourth-order valence-corrected chi connectivity index (χ4v) is 0.878. The summed E-state index contributed by atoms with van der Waals surface area (Å²) in [5.74, 6) is -0.151. The molecule has 0 amide bonds. The third-order valence-corrected chi connectivity index (χ3v) is 1.85. The molecule has 0 rings (SSSR count). The summed E-state index contributed by atoms with van der Waals surface area (Å²) in [5.41, 5.74) is 1.17. The molecule has 0 aromatic heterocycles. The van der Waals surface area contributed by atoms with Crippen molar-refractivity contribution in [2.24, 2.45) is 0 Å². The topological polar surface area (TPSA) is 29.5 Å². The van der Waals surface area contributed by atoms with Gasteiger partial charge in [-0.3, -0.25) is 4.79 Å². The van der Waals surface area contributed by atoms with Crippen LogP contribution in [0.3, 0.4) is 0 Å². The van der Waals surface area contributed by atoms with Crippen LogP contribution >= 0.6 is 0 Å². The first-order valence-corrected chi connectivity index (χ1v) is 4.46. The number of carbonyl (C=O) groups is 1. The third kappa shape index (κ3) is 7.53. The van der Waals surface area contributed by atoms with Crippen LogP contribution in [0.5, 0.6) is 0 Å². The van der Waals surface area contributed by atoms with E-state index in [9.17, 15) is 4.79 Å². The fourth-order valence-electron chi connectivity index (χ4n) is 0.878. The Bertz CT molecular complexity index is 178. The molecule has 0 N–H and O–H groups in total. The Morgan fingerprint density at radius 1 is 1.38 bits per heavy atom. The summed E-state index contributed by atoms with van der Waals surface area (Å²) in [6.45, 7) is 7.53. The van der Waals surface area contributed by atoms with Crippen molar-refractivity contribution in [1.82, 2.24) is 4.90 Å². The lowest BCUT2D eigenvalue weighted by molar-refractivity contribution is -0.140. The average Bonchev–Trinajstić information content (AvgIpc) is 2.10. The molecule has 0 unspecified atom stereocenters. The summed E-state index contributed by atoms with van der Waals surface area (Å²) < 4.78 is 4.54. The van der Waals surface area contributed by atoms with E-state index in [0.717, 1.165) is 19.5 Å². The van der Waals surface area contributed by atoms with E-state index < -0.39 is 0 Å². The van der Waals surface area contributed by atoms with Crippen molar-refractivity contribution in [1.29, 1.82) is 0 Å². The van der Waals surface area contributed by atoms with Gasteiger partial charge in [-0.1, -0.05) is 5.57 Å². The van der Waals surface area contributed by atoms with E-state index >= 15 is 0 Å². The Morgan fingerprint density at radius 2 is 1.92 bits per heavy atom. The van der Waals surface area contributed by atoms with E-state index in [2.05, 4.69) is 16.2 Å². The number of methoxy groups -OCH3 is 1. The standard InChI is InChI=1S/C10H19NO2/c1-9(2)5-7-11(3)8-6-10(12)13-4/h1,5-8H2,2-4H3. The van der Waals surface area contributed by atoms with Crippen molar-refractivity contribution >= 4 is 5.97 Å². The van der Waals surface area contributed by atoms with Gasteiger partial charge in [0.25, 0.3) is 0 Å². The SMILES string of the molecule is C=C(C)CCN(C)CCC(=O)OC. The average molecular weight is 185 g/mol. The Labute approximate surface area is 80.4 Å². The lowest BCUT2D eigenvalue weighted by Crippen LogP contribution is -2.23. The Morgan fingerprint density at radius 3 is 2.38 bits per heavy atom. The maximum atomic E-state index is 10.8. The van der Waals surface area contributed by atoms with Crippen LogP contribution in [0.2, 0.25) is 0 Å². The van der Waals surface area contributed by atoms with Gasteiger partial charge in [0.2, 0.25) is 0 Å². The first-order valence-electron chi connectivity index (χ1n) is 4.46. The molecule has 76 valence electrons. The van der Waals surface area contributed by atoms with E-state index in [1.165, 1.54) is 12.7 Å². The highest BCUT2D eigenvalue weighted by Crippen LogP contribution is 1.98. The third-order valence-electron chi connectivity index (χ3n) is 1.85. The Balaban J connectivity index is 3.45. The molecule has 3 heteroatoms. The molecule has 0 heterocycles. The van der Waals surface area contributed by atoms with Gasteiger partial charge < -0.3 is 9.64 Å². The number of carbonyl (C=O) groups excluding carboxylic acids is 1. The van der Waals surface area contributed by atoms with Crippen LogP contribution in [0.25, 0.3) is 0 Å². The molecular weight excluding hydrogens is 166 g/mol. The summed E-state index contributed by atoms with van der Waals surface area (Å²) in [7, 11) is 3.40. The van der Waals surface area contributed by atoms with Gasteiger partial charge in [-0.25, -0.2) is 0 Å². The number of ether oxygens (including phenoxy) is 1. The maximum absolute atomic E-state index is 10.8. The van der Waals surface area contributed by atoms with E-state index in [4.69, 9.17) is 0 Å². The lowest BCUT2D eigenvalue weighted by Gasteiger charge is -2.15. The van der Waals surface area contributed by atoms with Gasteiger partial charge in [-0.15, -0.1) is 6.58 Å². The second-order valence-corrected chi connectivity index (χ2v) is 3.34. The predicted octanol–water partition coefficient (Wildman–Crippen LogP) is 1.45.